The molecule has 0 saturated carbocycles. The van der Waals surface area contributed by atoms with Crippen LogP contribution in [0.3, 0.4) is 0 Å². The zero-order chi connectivity index (χ0) is 55.7. The highest BCUT2D eigenvalue weighted by Gasteiger charge is 2.25. The van der Waals surface area contributed by atoms with Crippen molar-refractivity contribution in [3.63, 3.8) is 0 Å². The molecule has 0 aliphatic heterocycles. The zero-order valence-electron chi connectivity index (χ0n) is 44.4. The lowest BCUT2D eigenvalue weighted by molar-refractivity contribution is -0.144. The van der Waals surface area contributed by atoms with Crippen molar-refractivity contribution in [2.45, 2.75) is 192 Å². The number of carbonyl (C=O) groups excluding carboxylic acids is 6. The van der Waals surface area contributed by atoms with E-state index in [0.717, 1.165) is 57.8 Å². The topological polar surface area (TPSA) is 361 Å². The number of carboxylic acids is 4. The fourth-order valence-corrected chi connectivity index (χ4v) is 7.33. The standard InChI is InChI=1S/C51H90N6O18/c1-2-3-28-52-42(58)25-22-40(50(68)69)56-45(61)27-24-41(51(70)71)57-47(63)38-75-36-34-73-32-30-54-46(62)37-74-35-33-72-31-29-53-43(59)26-23-39(49(66)67)55-44(60)20-18-16-14-12-10-8-6-4-5-7-9-11-13-15-17-19-21-48(64)65/h39-41H,2-38H2,1H3,(H,52,58)(H,53,59)(H,54,62)(H,55,60)(H,56,61)(H,57,63)(H,64,65)(H,66,67)(H,68,69)(H,70,71)/t39-,40-,41-/m0/s1. The molecule has 0 heterocycles. The molecule has 3 atom stereocenters. The van der Waals surface area contributed by atoms with Crippen LogP contribution in [0, 0.1) is 0 Å². The Kier molecular flexibility index (Phi) is 44.7. The molecule has 6 amide bonds. The Balaban J connectivity index is 3.88. The Bertz CT molecular complexity index is 1640. The Morgan fingerprint density at radius 2 is 0.653 bits per heavy atom. The summed E-state index contributed by atoms with van der Waals surface area (Å²) in [5, 5.41) is 52.0. The van der Waals surface area contributed by atoms with E-state index in [-0.39, 0.29) is 122 Å². The fourth-order valence-electron chi connectivity index (χ4n) is 7.33. The Morgan fingerprint density at radius 3 is 1.05 bits per heavy atom. The van der Waals surface area contributed by atoms with Gasteiger partial charge in [0.15, 0.2) is 0 Å². The summed E-state index contributed by atoms with van der Waals surface area (Å²) in [6.45, 7) is 2.53. The largest absolute Gasteiger partial charge is 0.481 e. The second-order valence-corrected chi connectivity index (χ2v) is 18.3. The Labute approximate surface area is 442 Å². The van der Waals surface area contributed by atoms with E-state index in [2.05, 4.69) is 31.9 Å². The van der Waals surface area contributed by atoms with Crippen LogP contribution in [-0.2, 0) is 66.9 Å². The maximum Gasteiger partial charge on any atom is 0.326 e. The minimum atomic E-state index is -1.45. The van der Waals surface area contributed by atoms with Crippen molar-refractivity contribution in [2.75, 3.05) is 72.5 Å². The van der Waals surface area contributed by atoms with Crippen molar-refractivity contribution in [1.82, 2.24) is 31.9 Å². The van der Waals surface area contributed by atoms with Gasteiger partial charge in [-0.05, 0) is 38.5 Å². The highest BCUT2D eigenvalue weighted by molar-refractivity contribution is 5.87. The van der Waals surface area contributed by atoms with Crippen LogP contribution in [0.1, 0.15) is 174 Å². The first kappa shape index (κ1) is 69.5. The average Bonchev–Trinajstić information content (AvgIpc) is 3.36. The minimum Gasteiger partial charge on any atom is -0.481 e. The van der Waals surface area contributed by atoms with E-state index in [0.29, 0.717) is 13.0 Å². The summed E-state index contributed by atoms with van der Waals surface area (Å²) >= 11 is 0. The van der Waals surface area contributed by atoms with Crippen LogP contribution in [-0.4, -0.2) is 170 Å². The van der Waals surface area contributed by atoms with Crippen LogP contribution in [0.4, 0.5) is 0 Å². The smallest absolute Gasteiger partial charge is 0.326 e. The molecule has 0 aromatic rings. The van der Waals surface area contributed by atoms with Gasteiger partial charge in [0.2, 0.25) is 35.4 Å². The normalized spacial score (nSPS) is 12.2. The molecule has 24 heteroatoms. The van der Waals surface area contributed by atoms with Gasteiger partial charge in [0.1, 0.15) is 31.3 Å². The van der Waals surface area contributed by atoms with E-state index in [1.165, 1.54) is 51.4 Å². The summed E-state index contributed by atoms with van der Waals surface area (Å²) in [7, 11) is 0. The quantitative estimate of drug-likeness (QED) is 0.0390. The van der Waals surface area contributed by atoms with Gasteiger partial charge in [-0.3, -0.25) is 33.6 Å². The van der Waals surface area contributed by atoms with E-state index in [1.54, 1.807) is 0 Å². The molecule has 0 aromatic carbocycles. The molecule has 0 radical (unpaired) electrons. The first-order chi connectivity index (χ1) is 36.0. The van der Waals surface area contributed by atoms with Gasteiger partial charge in [-0.25, -0.2) is 14.4 Å². The predicted octanol–water partition coefficient (Wildman–Crippen LogP) is 3.36. The second-order valence-electron chi connectivity index (χ2n) is 18.3. The molecule has 0 unspecified atom stereocenters. The molecule has 0 bridgehead atoms. The maximum atomic E-state index is 12.4. The highest BCUT2D eigenvalue weighted by atomic mass is 16.5. The molecule has 10 N–H and O–H groups in total. The molecule has 0 spiro atoms. The van der Waals surface area contributed by atoms with E-state index in [9.17, 15) is 63.3 Å². The third-order valence-electron chi connectivity index (χ3n) is 11.6. The summed E-state index contributed by atoms with van der Waals surface area (Å²) in [6.07, 6.45) is 18.6. The van der Waals surface area contributed by atoms with Crippen LogP contribution in [0.25, 0.3) is 0 Å². The van der Waals surface area contributed by atoms with Gasteiger partial charge in [0.25, 0.3) is 0 Å². The van der Waals surface area contributed by atoms with Crippen molar-refractivity contribution >= 4 is 59.3 Å². The van der Waals surface area contributed by atoms with Gasteiger partial charge in [0, 0.05) is 51.7 Å². The SMILES string of the molecule is CCCCNC(=O)CC[C@H](NC(=O)CC[C@H](NC(=O)COCCOCCNC(=O)COCCOCCNC(=O)CC[C@H](NC(=O)CCCCCCCCCCCCCCCCCCC(=O)O)C(=O)O)C(=O)O)C(=O)O. The van der Waals surface area contributed by atoms with Crippen LogP contribution in [0.5, 0.6) is 0 Å². The molecule has 0 saturated heterocycles. The summed E-state index contributed by atoms with van der Waals surface area (Å²) in [5.41, 5.74) is 0. The zero-order valence-corrected chi connectivity index (χ0v) is 44.4. The second kappa shape index (κ2) is 48.2. The number of rotatable bonds is 53. The van der Waals surface area contributed by atoms with Gasteiger partial charge >= 0.3 is 23.9 Å². The van der Waals surface area contributed by atoms with Crippen molar-refractivity contribution in [3.8, 4) is 0 Å². The number of hydrogen-bond donors (Lipinski definition) is 10. The van der Waals surface area contributed by atoms with E-state index in [4.69, 9.17) is 24.1 Å². The molecule has 75 heavy (non-hydrogen) atoms. The highest BCUT2D eigenvalue weighted by Crippen LogP contribution is 2.15. The van der Waals surface area contributed by atoms with Gasteiger partial charge in [-0.15, -0.1) is 0 Å². The summed E-state index contributed by atoms with van der Waals surface area (Å²) in [6, 6.07) is -3.97. The first-order valence-electron chi connectivity index (χ1n) is 26.9. The lowest BCUT2D eigenvalue weighted by Gasteiger charge is -2.17. The molecule has 0 aliphatic rings. The lowest BCUT2D eigenvalue weighted by Crippen LogP contribution is -2.45. The first-order valence-corrected chi connectivity index (χ1v) is 26.9. The molecule has 24 nitrogen and oxygen atoms in total. The molecular weight excluding hydrogens is 985 g/mol. The van der Waals surface area contributed by atoms with E-state index < -0.39 is 72.8 Å². The minimum absolute atomic E-state index is 0.0275. The number of amides is 6. The van der Waals surface area contributed by atoms with Crippen LogP contribution in [0.2, 0.25) is 0 Å². The number of ether oxygens (including phenoxy) is 4. The van der Waals surface area contributed by atoms with Crippen LogP contribution in [0.15, 0.2) is 0 Å². The van der Waals surface area contributed by atoms with E-state index in [1.807, 2.05) is 6.92 Å². The number of nitrogens with one attached hydrogen (secondary N) is 6. The van der Waals surface area contributed by atoms with Crippen LogP contribution >= 0.6 is 0 Å². The molecule has 0 rings (SSSR count). The maximum absolute atomic E-state index is 12.4. The third kappa shape index (κ3) is 45.6. The fraction of sp³-hybridized carbons (Fsp3) is 0.804. The monoisotopic (exact) mass is 1070 g/mol. The van der Waals surface area contributed by atoms with Gasteiger partial charge in [0.05, 0.1) is 39.6 Å². The third-order valence-corrected chi connectivity index (χ3v) is 11.6. The van der Waals surface area contributed by atoms with Crippen molar-refractivity contribution in [1.29, 1.82) is 0 Å². The molecular formula is C51H90N6O18. The molecule has 0 aromatic heterocycles. The molecule has 0 fully saturated rings. The average molecular weight is 1080 g/mol. The molecule has 0 aliphatic carbocycles. The Morgan fingerprint density at radius 1 is 0.333 bits per heavy atom. The molecule has 432 valence electrons. The van der Waals surface area contributed by atoms with Gasteiger partial charge in [-0.1, -0.05) is 103 Å². The van der Waals surface area contributed by atoms with E-state index >= 15 is 0 Å². The number of carboxylic acid groups (broad SMARTS) is 4. The number of carbonyl (C=O) groups is 10. The van der Waals surface area contributed by atoms with Crippen molar-refractivity contribution in [3.05, 3.63) is 0 Å². The van der Waals surface area contributed by atoms with Crippen molar-refractivity contribution < 1.29 is 87.3 Å². The lowest BCUT2D eigenvalue weighted by atomic mass is 10.0. The van der Waals surface area contributed by atoms with Crippen molar-refractivity contribution in [2.24, 2.45) is 0 Å². The summed E-state index contributed by atoms with van der Waals surface area (Å²) < 4.78 is 21.2. The van der Waals surface area contributed by atoms with Crippen LogP contribution < -0.4 is 31.9 Å². The summed E-state index contributed by atoms with van der Waals surface area (Å²) in [4.78, 5) is 119. The summed E-state index contributed by atoms with van der Waals surface area (Å²) in [5.74, 6) is -7.69. The Hall–Kier alpha value is -5.46. The van der Waals surface area contributed by atoms with Gasteiger partial charge < -0.3 is 71.3 Å². The number of aliphatic carboxylic acids is 4. The predicted molar refractivity (Wildman–Crippen MR) is 274 cm³/mol. The number of hydrogen-bond acceptors (Lipinski definition) is 14. The van der Waals surface area contributed by atoms with Gasteiger partial charge in [-0.2, -0.15) is 0 Å². The number of unbranched alkanes of at least 4 members (excludes halogenated alkanes) is 16.